The van der Waals surface area contributed by atoms with Gasteiger partial charge in [-0.25, -0.2) is 9.37 Å². The summed E-state index contributed by atoms with van der Waals surface area (Å²) in [6.07, 6.45) is 2.55. The third-order valence-electron chi connectivity index (χ3n) is 4.53. The summed E-state index contributed by atoms with van der Waals surface area (Å²) in [5.41, 5.74) is 0.220. The maximum atomic E-state index is 13.7. The van der Waals surface area contributed by atoms with E-state index in [1.165, 1.54) is 18.3 Å². The highest BCUT2D eigenvalue weighted by Crippen LogP contribution is 2.36. The highest BCUT2D eigenvalue weighted by Gasteiger charge is 2.50. The van der Waals surface area contributed by atoms with Crippen LogP contribution in [0.25, 0.3) is 0 Å². The summed E-state index contributed by atoms with van der Waals surface area (Å²) in [6, 6.07) is 4.46. The quantitative estimate of drug-likeness (QED) is 0.845. The Morgan fingerprint density at radius 3 is 3.04 bits per heavy atom. The van der Waals surface area contributed by atoms with Crippen molar-refractivity contribution in [1.82, 2.24) is 15.0 Å². The van der Waals surface area contributed by atoms with Crippen LogP contribution in [0, 0.1) is 12.7 Å². The van der Waals surface area contributed by atoms with Gasteiger partial charge in [-0.05, 0) is 19.1 Å². The predicted octanol–water partition coefficient (Wildman–Crippen LogP) is 1.97. The smallest absolute Gasteiger partial charge is 0.292 e. The fraction of sp³-hybridized carbons (Fsp3) is 0.471. The first-order chi connectivity index (χ1) is 12.0. The second-order valence-electron chi connectivity index (χ2n) is 6.55. The molecule has 4 rings (SSSR count). The van der Waals surface area contributed by atoms with E-state index in [-0.39, 0.29) is 23.7 Å². The summed E-state index contributed by atoms with van der Waals surface area (Å²) >= 11 is 0. The van der Waals surface area contributed by atoms with E-state index < -0.39 is 11.4 Å². The first kappa shape index (κ1) is 16.0. The average molecular weight is 347 g/mol. The van der Waals surface area contributed by atoms with E-state index in [1.54, 1.807) is 17.9 Å². The molecule has 2 saturated heterocycles. The number of hydrogen-bond donors (Lipinski definition) is 0. The fourth-order valence-corrected chi connectivity index (χ4v) is 3.33. The van der Waals surface area contributed by atoms with Crippen LogP contribution in [0.2, 0.25) is 0 Å². The zero-order chi connectivity index (χ0) is 17.4. The van der Waals surface area contributed by atoms with Gasteiger partial charge in [0.25, 0.3) is 11.8 Å². The number of hydrogen-bond acceptors (Lipinski definition) is 6. The molecule has 0 aromatic carbocycles. The summed E-state index contributed by atoms with van der Waals surface area (Å²) in [6.45, 7) is 3.18. The SMILES string of the molecule is Cc1cc(C(=O)N2CC3(CC(Oc4ncccc4F)CCO3)C2)on1. The minimum Gasteiger partial charge on any atom is -0.472 e. The van der Waals surface area contributed by atoms with Gasteiger partial charge in [0.1, 0.15) is 11.7 Å². The number of aryl methyl sites for hydroxylation is 1. The van der Waals surface area contributed by atoms with Crippen LogP contribution in [0.1, 0.15) is 29.1 Å². The molecule has 2 aromatic heterocycles. The standard InChI is InChI=1S/C17H18FN3O4/c1-11-7-14(25-20-11)16(22)21-9-17(10-21)8-12(4-6-23-17)24-15-13(18)3-2-5-19-15/h2-3,5,7,12H,4,6,8-10H2,1H3. The lowest BCUT2D eigenvalue weighted by Crippen LogP contribution is -2.67. The van der Waals surface area contributed by atoms with Crippen LogP contribution in [0.3, 0.4) is 0 Å². The van der Waals surface area contributed by atoms with Gasteiger partial charge in [0.2, 0.25) is 5.76 Å². The minimum atomic E-state index is -0.478. The van der Waals surface area contributed by atoms with Gasteiger partial charge >= 0.3 is 0 Å². The molecule has 2 aromatic rings. The second kappa shape index (κ2) is 6.11. The summed E-state index contributed by atoms with van der Waals surface area (Å²) in [7, 11) is 0. The normalized spacial score (nSPS) is 21.8. The van der Waals surface area contributed by atoms with Crippen molar-refractivity contribution in [2.24, 2.45) is 0 Å². The zero-order valence-corrected chi connectivity index (χ0v) is 13.8. The molecule has 2 aliphatic heterocycles. The van der Waals surface area contributed by atoms with E-state index in [0.29, 0.717) is 38.2 Å². The van der Waals surface area contributed by atoms with Gasteiger partial charge in [0, 0.05) is 25.1 Å². The van der Waals surface area contributed by atoms with Crippen molar-refractivity contribution in [3.63, 3.8) is 0 Å². The first-order valence-electron chi connectivity index (χ1n) is 8.18. The number of nitrogens with zero attached hydrogens (tertiary/aromatic N) is 3. The van der Waals surface area contributed by atoms with Crippen LogP contribution >= 0.6 is 0 Å². The predicted molar refractivity (Wildman–Crippen MR) is 83.7 cm³/mol. The molecule has 1 unspecified atom stereocenters. The van der Waals surface area contributed by atoms with Crippen LogP contribution in [0.5, 0.6) is 5.88 Å². The Bertz CT molecular complexity index is 788. The Morgan fingerprint density at radius 2 is 2.32 bits per heavy atom. The Hall–Kier alpha value is -2.48. The lowest BCUT2D eigenvalue weighted by Gasteiger charge is -2.52. The van der Waals surface area contributed by atoms with Gasteiger partial charge in [0.05, 0.1) is 25.4 Å². The van der Waals surface area contributed by atoms with Crippen LogP contribution in [-0.4, -0.2) is 52.3 Å². The number of carbonyl (C=O) groups excluding carboxylic acids is 1. The Kier molecular flexibility index (Phi) is 3.91. The molecule has 132 valence electrons. The summed E-state index contributed by atoms with van der Waals surface area (Å²) in [5.74, 6) is -0.441. The van der Waals surface area contributed by atoms with Crippen LogP contribution in [0.15, 0.2) is 28.9 Å². The molecular formula is C17H18FN3O4. The molecule has 25 heavy (non-hydrogen) atoms. The minimum absolute atomic E-state index is 0.00828. The number of rotatable bonds is 3. The second-order valence-corrected chi connectivity index (χ2v) is 6.55. The third-order valence-corrected chi connectivity index (χ3v) is 4.53. The number of carbonyl (C=O) groups is 1. The number of likely N-dealkylation sites (tertiary alicyclic amines) is 1. The molecule has 1 atom stereocenters. The number of pyridine rings is 1. The topological polar surface area (TPSA) is 77.7 Å². The fourth-order valence-electron chi connectivity index (χ4n) is 3.33. The largest absolute Gasteiger partial charge is 0.472 e. The molecule has 1 amide bonds. The number of aromatic nitrogens is 2. The maximum absolute atomic E-state index is 13.7. The molecule has 2 aliphatic rings. The van der Waals surface area contributed by atoms with Gasteiger partial charge < -0.3 is 18.9 Å². The van der Waals surface area contributed by atoms with Crippen molar-refractivity contribution in [2.75, 3.05) is 19.7 Å². The van der Waals surface area contributed by atoms with E-state index in [0.717, 1.165) is 0 Å². The lowest BCUT2D eigenvalue weighted by atomic mass is 9.84. The average Bonchev–Trinajstić information content (AvgIpc) is 3.01. The van der Waals surface area contributed by atoms with Crippen molar-refractivity contribution in [3.05, 3.63) is 41.7 Å². The molecule has 4 heterocycles. The Morgan fingerprint density at radius 1 is 1.48 bits per heavy atom. The maximum Gasteiger partial charge on any atom is 0.292 e. The van der Waals surface area contributed by atoms with Gasteiger partial charge in [-0.1, -0.05) is 5.16 Å². The van der Waals surface area contributed by atoms with E-state index in [4.69, 9.17) is 14.0 Å². The highest BCUT2D eigenvalue weighted by molar-refractivity contribution is 5.92. The van der Waals surface area contributed by atoms with Gasteiger partial charge in [-0.15, -0.1) is 0 Å². The molecule has 0 aliphatic carbocycles. The lowest BCUT2D eigenvalue weighted by molar-refractivity contribution is -0.174. The van der Waals surface area contributed by atoms with Gasteiger partial charge in [-0.2, -0.15) is 0 Å². The molecule has 2 fully saturated rings. The van der Waals surface area contributed by atoms with E-state index in [1.807, 2.05) is 0 Å². The molecule has 7 nitrogen and oxygen atoms in total. The van der Waals surface area contributed by atoms with Crippen molar-refractivity contribution in [2.45, 2.75) is 31.5 Å². The van der Waals surface area contributed by atoms with Crippen molar-refractivity contribution in [3.8, 4) is 5.88 Å². The van der Waals surface area contributed by atoms with E-state index in [9.17, 15) is 9.18 Å². The van der Waals surface area contributed by atoms with Crippen LogP contribution in [0.4, 0.5) is 4.39 Å². The zero-order valence-electron chi connectivity index (χ0n) is 13.8. The Balaban J connectivity index is 1.38. The van der Waals surface area contributed by atoms with Crippen LogP contribution < -0.4 is 4.74 Å². The Labute approximate surface area is 143 Å². The number of amides is 1. The number of halogens is 1. The van der Waals surface area contributed by atoms with Crippen LogP contribution in [-0.2, 0) is 4.74 Å². The van der Waals surface area contributed by atoms with Gasteiger partial charge in [0.15, 0.2) is 5.82 Å². The molecule has 0 radical (unpaired) electrons. The van der Waals surface area contributed by atoms with Crippen molar-refractivity contribution in [1.29, 1.82) is 0 Å². The molecule has 0 bridgehead atoms. The summed E-state index contributed by atoms with van der Waals surface area (Å²) < 4.78 is 30.3. The number of ether oxygens (including phenoxy) is 2. The molecule has 8 heteroatoms. The highest BCUT2D eigenvalue weighted by atomic mass is 19.1. The summed E-state index contributed by atoms with van der Waals surface area (Å²) in [4.78, 5) is 17.9. The molecule has 0 N–H and O–H groups in total. The molecule has 1 spiro atoms. The summed E-state index contributed by atoms with van der Waals surface area (Å²) in [5, 5.41) is 3.73. The van der Waals surface area contributed by atoms with Crippen molar-refractivity contribution >= 4 is 5.91 Å². The van der Waals surface area contributed by atoms with Gasteiger partial charge in [-0.3, -0.25) is 4.79 Å². The van der Waals surface area contributed by atoms with Crippen molar-refractivity contribution < 1.29 is 23.2 Å². The first-order valence-corrected chi connectivity index (χ1v) is 8.18. The monoisotopic (exact) mass is 347 g/mol. The van der Waals surface area contributed by atoms with E-state index in [2.05, 4.69) is 10.1 Å². The molecule has 0 saturated carbocycles. The third kappa shape index (κ3) is 3.09. The van der Waals surface area contributed by atoms with E-state index >= 15 is 0 Å². The molecular weight excluding hydrogens is 329 g/mol.